The van der Waals surface area contributed by atoms with E-state index in [0.29, 0.717) is 16.0 Å². The molecule has 1 aromatic carbocycles. The third kappa shape index (κ3) is 2.92. The Balaban J connectivity index is 3.04. The minimum absolute atomic E-state index is 0.655. The van der Waals surface area contributed by atoms with Gasteiger partial charge in [-0.05, 0) is 29.6 Å². The van der Waals surface area contributed by atoms with Gasteiger partial charge in [0.15, 0.2) is 0 Å². The normalized spacial score (nSPS) is 12.5. The van der Waals surface area contributed by atoms with Crippen molar-refractivity contribution in [2.45, 2.75) is 0 Å². The predicted molar refractivity (Wildman–Crippen MR) is 68.1 cm³/mol. The molecule has 0 saturated heterocycles. The van der Waals surface area contributed by atoms with Gasteiger partial charge in [0.05, 0.1) is 5.70 Å². The molecule has 1 rings (SSSR count). The highest BCUT2D eigenvalue weighted by molar-refractivity contribution is 9.09. The van der Waals surface area contributed by atoms with Crippen LogP contribution in [0.1, 0.15) is 5.56 Å². The van der Waals surface area contributed by atoms with E-state index in [0.717, 1.165) is 22.4 Å². The van der Waals surface area contributed by atoms with Crippen molar-refractivity contribution in [1.29, 1.82) is 0 Å². The van der Waals surface area contributed by atoms with Gasteiger partial charge in [0.25, 0.3) is 0 Å². The summed E-state index contributed by atoms with van der Waals surface area (Å²) in [6, 6.07) is 7.35. The smallest absolute Gasteiger partial charge is 0.0506 e. The van der Waals surface area contributed by atoms with Gasteiger partial charge in [-0.2, -0.15) is 0 Å². The van der Waals surface area contributed by atoms with Crippen LogP contribution in [-0.4, -0.2) is 5.33 Å². The maximum atomic E-state index is 5.92. The molecule has 0 spiro atoms. The SMILES string of the molecule is NS/C(CBr)=C(\N)c1ccc(Cl)cc1. The molecule has 0 fully saturated rings. The number of alkyl halides is 1. The maximum absolute atomic E-state index is 5.92. The van der Waals surface area contributed by atoms with Crippen molar-refractivity contribution < 1.29 is 0 Å². The van der Waals surface area contributed by atoms with Gasteiger partial charge in [0, 0.05) is 15.3 Å². The lowest BCUT2D eigenvalue weighted by molar-refractivity contribution is 1.48. The highest BCUT2D eigenvalue weighted by Gasteiger charge is 2.03. The second kappa shape index (κ2) is 5.66. The number of allylic oxidation sites excluding steroid dienone is 1. The average Bonchev–Trinajstić information content (AvgIpc) is 2.20. The van der Waals surface area contributed by atoms with Crippen LogP contribution in [0.2, 0.25) is 5.02 Å². The number of nitrogens with two attached hydrogens (primary N) is 2. The van der Waals surface area contributed by atoms with Gasteiger partial charge in [-0.15, -0.1) is 0 Å². The molecule has 0 bridgehead atoms. The van der Waals surface area contributed by atoms with Crippen LogP contribution in [-0.2, 0) is 0 Å². The molecule has 0 aliphatic carbocycles. The van der Waals surface area contributed by atoms with E-state index in [1.165, 1.54) is 0 Å². The second-order valence-electron chi connectivity index (χ2n) is 2.60. The summed E-state index contributed by atoms with van der Waals surface area (Å²) in [7, 11) is 0. The van der Waals surface area contributed by atoms with Gasteiger partial charge in [0.1, 0.15) is 0 Å². The van der Waals surface area contributed by atoms with Gasteiger partial charge < -0.3 is 5.73 Å². The Labute approximate surface area is 101 Å². The average molecular weight is 294 g/mol. The minimum Gasteiger partial charge on any atom is -0.398 e. The Morgan fingerprint density at radius 3 is 2.36 bits per heavy atom. The number of hydrogen-bond acceptors (Lipinski definition) is 3. The minimum atomic E-state index is 0.655. The third-order valence-electron chi connectivity index (χ3n) is 1.72. The van der Waals surface area contributed by atoms with Crippen molar-refractivity contribution in [2.24, 2.45) is 10.9 Å². The molecular formula is C9H10BrClN2S. The summed E-state index contributed by atoms with van der Waals surface area (Å²) in [6.07, 6.45) is 0. The Morgan fingerprint density at radius 2 is 1.93 bits per heavy atom. The van der Waals surface area contributed by atoms with Gasteiger partial charge >= 0.3 is 0 Å². The molecule has 0 aromatic heterocycles. The zero-order chi connectivity index (χ0) is 10.6. The van der Waals surface area contributed by atoms with Crippen LogP contribution in [0.4, 0.5) is 0 Å². The van der Waals surface area contributed by atoms with Crippen molar-refractivity contribution in [3.63, 3.8) is 0 Å². The summed E-state index contributed by atoms with van der Waals surface area (Å²) in [5, 5.41) is 6.83. The van der Waals surface area contributed by atoms with Gasteiger partial charge in [0.2, 0.25) is 0 Å². The van der Waals surface area contributed by atoms with Crippen LogP contribution in [0.3, 0.4) is 0 Å². The molecule has 0 saturated carbocycles. The Hall–Kier alpha value is -0.160. The molecule has 4 N–H and O–H groups in total. The molecule has 0 aliphatic heterocycles. The van der Waals surface area contributed by atoms with E-state index in [9.17, 15) is 0 Å². The molecule has 14 heavy (non-hydrogen) atoms. The summed E-state index contributed by atoms with van der Waals surface area (Å²) in [6.45, 7) is 0. The molecular weight excluding hydrogens is 284 g/mol. The van der Waals surface area contributed by atoms with E-state index in [1.807, 2.05) is 12.1 Å². The van der Waals surface area contributed by atoms with Crippen molar-refractivity contribution in [1.82, 2.24) is 0 Å². The molecule has 76 valence electrons. The Kier molecular flexibility index (Phi) is 4.81. The van der Waals surface area contributed by atoms with Crippen LogP contribution in [0.5, 0.6) is 0 Å². The van der Waals surface area contributed by atoms with Crippen LogP contribution in [0, 0.1) is 0 Å². The number of benzene rings is 1. The van der Waals surface area contributed by atoms with E-state index in [2.05, 4.69) is 15.9 Å². The molecule has 0 aliphatic rings. The summed E-state index contributed by atoms with van der Waals surface area (Å²) in [4.78, 5) is 0.910. The fourth-order valence-corrected chi connectivity index (χ4v) is 2.09. The fraction of sp³-hybridized carbons (Fsp3) is 0.111. The summed E-state index contributed by atoms with van der Waals surface area (Å²) in [5.41, 5.74) is 7.53. The van der Waals surface area contributed by atoms with Crippen molar-refractivity contribution in [3.8, 4) is 0 Å². The fourth-order valence-electron chi connectivity index (χ4n) is 0.957. The molecule has 0 heterocycles. The van der Waals surface area contributed by atoms with E-state index in [-0.39, 0.29) is 0 Å². The number of rotatable bonds is 3. The molecule has 1 aromatic rings. The topological polar surface area (TPSA) is 52.0 Å². The van der Waals surface area contributed by atoms with Crippen molar-refractivity contribution in [2.75, 3.05) is 5.33 Å². The molecule has 0 unspecified atom stereocenters. The van der Waals surface area contributed by atoms with Gasteiger partial charge in [-0.3, -0.25) is 5.14 Å². The highest BCUT2D eigenvalue weighted by atomic mass is 79.9. The third-order valence-corrected chi connectivity index (χ3v) is 3.55. The standard InChI is InChI=1S/C9H10BrClN2S/c10-5-8(14-13)9(12)6-1-3-7(11)4-2-6/h1-4H,5,12-13H2/b9-8-. The lowest BCUT2D eigenvalue weighted by Crippen LogP contribution is -2.02. The van der Waals surface area contributed by atoms with Gasteiger partial charge in [-0.25, -0.2) is 0 Å². The van der Waals surface area contributed by atoms with Crippen LogP contribution >= 0.6 is 39.5 Å². The first kappa shape index (κ1) is 11.9. The van der Waals surface area contributed by atoms with Crippen molar-refractivity contribution >= 4 is 45.2 Å². The van der Waals surface area contributed by atoms with Crippen LogP contribution < -0.4 is 10.9 Å². The second-order valence-corrected chi connectivity index (χ2v) is 4.32. The monoisotopic (exact) mass is 292 g/mol. The first-order chi connectivity index (χ1) is 6.69. The van der Waals surface area contributed by atoms with E-state index >= 15 is 0 Å². The molecule has 0 radical (unpaired) electrons. The van der Waals surface area contributed by atoms with E-state index in [1.54, 1.807) is 12.1 Å². The summed E-state index contributed by atoms with van der Waals surface area (Å²) >= 11 is 10.2. The summed E-state index contributed by atoms with van der Waals surface area (Å²) < 4.78 is 0. The highest BCUT2D eigenvalue weighted by Crippen LogP contribution is 2.22. The molecule has 5 heteroatoms. The first-order valence-corrected chi connectivity index (χ1v) is 6.24. The largest absolute Gasteiger partial charge is 0.398 e. The maximum Gasteiger partial charge on any atom is 0.0506 e. The lowest BCUT2D eigenvalue weighted by atomic mass is 10.1. The lowest BCUT2D eigenvalue weighted by Gasteiger charge is -2.06. The van der Waals surface area contributed by atoms with E-state index < -0.39 is 0 Å². The van der Waals surface area contributed by atoms with Gasteiger partial charge in [-0.1, -0.05) is 39.7 Å². The summed E-state index contributed by atoms with van der Waals surface area (Å²) in [5.74, 6) is 0. The van der Waals surface area contributed by atoms with Crippen LogP contribution in [0.25, 0.3) is 5.70 Å². The Morgan fingerprint density at radius 1 is 1.36 bits per heavy atom. The first-order valence-electron chi connectivity index (χ1n) is 3.86. The molecule has 2 nitrogen and oxygen atoms in total. The molecule has 0 amide bonds. The zero-order valence-corrected chi connectivity index (χ0v) is 10.5. The Bertz CT molecular complexity index is 331. The number of halogens is 2. The zero-order valence-electron chi connectivity index (χ0n) is 7.34. The van der Waals surface area contributed by atoms with Crippen LogP contribution in [0.15, 0.2) is 29.2 Å². The quantitative estimate of drug-likeness (QED) is 0.665. The predicted octanol–water partition coefficient (Wildman–Crippen LogP) is 2.97. The van der Waals surface area contributed by atoms with Crippen molar-refractivity contribution in [3.05, 3.63) is 39.8 Å². The van der Waals surface area contributed by atoms with E-state index in [4.69, 9.17) is 22.5 Å². The number of hydrogen-bond donors (Lipinski definition) is 2. The molecule has 0 atom stereocenters.